The maximum Gasteiger partial charge on any atom is 0.343 e. The van der Waals surface area contributed by atoms with Crippen LogP contribution >= 0.6 is 0 Å². The summed E-state index contributed by atoms with van der Waals surface area (Å²) < 4.78 is 6.32. The van der Waals surface area contributed by atoms with Gasteiger partial charge in [0.2, 0.25) is 0 Å². The van der Waals surface area contributed by atoms with E-state index in [9.17, 15) is 9.59 Å². The summed E-state index contributed by atoms with van der Waals surface area (Å²) in [6.45, 7) is 2.24. The summed E-state index contributed by atoms with van der Waals surface area (Å²) in [5.74, 6) is 0.180. The summed E-state index contributed by atoms with van der Waals surface area (Å²) in [4.78, 5) is 23.7. The number of rotatable bonds is 2. The first-order chi connectivity index (χ1) is 8.63. The molecular weight excluding hydrogens is 230 g/mol. The van der Waals surface area contributed by atoms with E-state index in [0.717, 1.165) is 31.6 Å². The van der Waals surface area contributed by atoms with Gasteiger partial charge in [0, 0.05) is 12.2 Å². The zero-order chi connectivity index (χ0) is 13.1. The van der Waals surface area contributed by atoms with Crippen molar-refractivity contribution < 1.29 is 9.53 Å². The molecule has 0 amide bonds. The van der Waals surface area contributed by atoms with Gasteiger partial charge in [-0.2, -0.15) is 0 Å². The van der Waals surface area contributed by atoms with E-state index in [2.05, 4.69) is 11.7 Å². The zero-order valence-corrected chi connectivity index (χ0v) is 10.9. The number of nitrogens with zero attached hydrogens (tertiary/aromatic N) is 1. The van der Waals surface area contributed by atoms with Crippen LogP contribution in [0, 0.1) is 5.92 Å². The maximum atomic E-state index is 12.2. The predicted molar refractivity (Wildman–Crippen MR) is 68.7 cm³/mol. The van der Waals surface area contributed by atoms with E-state index in [1.807, 2.05) is 0 Å². The predicted octanol–water partition coefficient (Wildman–Crippen LogP) is 2.39. The number of carbonyl (C=O) groups excluding carboxylic acids is 1. The van der Waals surface area contributed by atoms with Crippen molar-refractivity contribution in [3.63, 3.8) is 0 Å². The molecule has 2 rings (SSSR count). The van der Waals surface area contributed by atoms with Gasteiger partial charge in [-0.3, -0.25) is 4.79 Å². The first-order valence-electron chi connectivity index (χ1n) is 6.43. The van der Waals surface area contributed by atoms with Gasteiger partial charge in [-0.15, -0.1) is 0 Å². The lowest BCUT2D eigenvalue weighted by atomic mass is 9.87. The monoisotopic (exact) mass is 249 g/mol. The topological polar surface area (TPSA) is 48.3 Å². The van der Waals surface area contributed by atoms with Crippen molar-refractivity contribution in [3.8, 4) is 0 Å². The summed E-state index contributed by atoms with van der Waals surface area (Å²) in [7, 11) is 1.29. The van der Waals surface area contributed by atoms with Gasteiger partial charge in [-0.1, -0.05) is 6.92 Å². The number of aromatic nitrogens is 1. The van der Waals surface area contributed by atoms with Gasteiger partial charge in [0.1, 0.15) is 5.56 Å². The number of hydrogen-bond acceptors (Lipinski definition) is 3. The lowest BCUT2D eigenvalue weighted by Gasteiger charge is -2.27. The van der Waals surface area contributed by atoms with Crippen molar-refractivity contribution in [3.05, 3.63) is 34.2 Å². The van der Waals surface area contributed by atoms with E-state index in [1.165, 1.54) is 13.2 Å². The number of pyridine rings is 1. The van der Waals surface area contributed by atoms with Gasteiger partial charge >= 0.3 is 5.97 Å². The number of carbonyl (C=O) groups is 1. The Kier molecular flexibility index (Phi) is 3.84. The molecule has 0 saturated heterocycles. The largest absolute Gasteiger partial charge is 0.465 e. The molecule has 1 aromatic rings. The third-order valence-corrected chi connectivity index (χ3v) is 3.76. The fourth-order valence-corrected chi connectivity index (χ4v) is 2.58. The summed E-state index contributed by atoms with van der Waals surface area (Å²) in [5, 5.41) is 0. The lowest BCUT2D eigenvalue weighted by Crippen LogP contribution is -2.31. The van der Waals surface area contributed by atoms with Gasteiger partial charge in [0.15, 0.2) is 0 Å². The molecule has 0 aliphatic heterocycles. The third kappa shape index (κ3) is 2.47. The summed E-state index contributed by atoms with van der Waals surface area (Å²) in [6, 6.07) is 3.49. The van der Waals surface area contributed by atoms with E-state index < -0.39 is 5.97 Å². The fraction of sp³-hybridized carbons (Fsp3) is 0.571. The summed E-state index contributed by atoms with van der Waals surface area (Å²) in [5.41, 5.74) is -0.109. The number of esters is 1. The number of hydrogen-bond donors (Lipinski definition) is 0. The minimum Gasteiger partial charge on any atom is -0.465 e. The molecule has 18 heavy (non-hydrogen) atoms. The Morgan fingerprint density at radius 1 is 1.33 bits per heavy atom. The standard InChI is InChI=1S/C14H19NO3/c1-10-5-7-11(8-6-10)15-9-3-4-12(13(15)16)14(17)18-2/h3-4,9-11H,5-8H2,1-2H3. The van der Waals surface area contributed by atoms with Crippen LogP contribution in [0.4, 0.5) is 0 Å². The molecule has 1 fully saturated rings. The normalized spacial score (nSPS) is 23.7. The van der Waals surface area contributed by atoms with Crippen molar-refractivity contribution in [1.82, 2.24) is 4.57 Å². The second-order valence-electron chi connectivity index (χ2n) is 5.04. The quantitative estimate of drug-likeness (QED) is 0.756. The van der Waals surface area contributed by atoms with E-state index in [0.29, 0.717) is 0 Å². The smallest absolute Gasteiger partial charge is 0.343 e. The molecule has 0 aromatic carbocycles. The second kappa shape index (κ2) is 5.38. The van der Waals surface area contributed by atoms with Crippen LogP contribution in [0.15, 0.2) is 23.1 Å². The fourth-order valence-electron chi connectivity index (χ4n) is 2.58. The molecule has 4 heteroatoms. The molecule has 1 aliphatic carbocycles. The Hall–Kier alpha value is -1.58. The lowest BCUT2D eigenvalue weighted by molar-refractivity contribution is 0.0597. The molecule has 1 aromatic heterocycles. The van der Waals surface area contributed by atoms with Crippen molar-refractivity contribution in [2.45, 2.75) is 38.6 Å². The third-order valence-electron chi connectivity index (χ3n) is 3.76. The number of methoxy groups -OCH3 is 1. The highest BCUT2D eigenvalue weighted by Crippen LogP contribution is 2.30. The first kappa shape index (κ1) is 12.9. The maximum absolute atomic E-state index is 12.2. The van der Waals surface area contributed by atoms with Gasteiger partial charge in [0.25, 0.3) is 5.56 Å². The minimum atomic E-state index is -0.557. The highest BCUT2D eigenvalue weighted by atomic mass is 16.5. The van der Waals surface area contributed by atoms with E-state index in [4.69, 9.17) is 0 Å². The highest BCUT2D eigenvalue weighted by Gasteiger charge is 2.22. The Morgan fingerprint density at radius 3 is 2.61 bits per heavy atom. The molecule has 1 aliphatic rings. The van der Waals surface area contributed by atoms with Gasteiger partial charge < -0.3 is 9.30 Å². The number of ether oxygens (including phenoxy) is 1. The molecule has 0 N–H and O–H groups in total. The van der Waals surface area contributed by atoms with Crippen LogP contribution in [-0.2, 0) is 4.74 Å². The van der Waals surface area contributed by atoms with Crippen molar-refractivity contribution in [2.24, 2.45) is 5.92 Å². The van der Waals surface area contributed by atoms with Gasteiger partial charge in [0.05, 0.1) is 7.11 Å². The van der Waals surface area contributed by atoms with Gasteiger partial charge in [-0.05, 0) is 43.7 Å². The van der Waals surface area contributed by atoms with Crippen LogP contribution in [-0.4, -0.2) is 17.6 Å². The van der Waals surface area contributed by atoms with Crippen LogP contribution in [0.5, 0.6) is 0 Å². The Bertz CT molecular complexity index is 484. The van der Waals surface area contributed by atoms with Crippen LogP contribution in [0.3, 0.4) is 0 Å². The van der Waals surface area contributed by atoms with Crippen LogP contribution in [0.1, 0.15) is 49.0 Å². The second-order valence-corrected chi connectivity index (χ2v) is 5.04. The Morgan fingerprint density at radius 2 is 2.00 bits per heavy atom. The Labute approximate surface area is 107 Å². The first-order valence-corrected chi connectivity index (χ1v) is 6.43. The summed E-state index contributed by atoms with van der Waals surface area (Å²) >= 11 is 0. The molecular formula is C14H19NO3. The zero-order valence-electron chi connectivity index (χ0n) is 10.9. The minimum absolute atomic E-state index is 0.124. The van der Waals surface area contributed by atoms with E-state index in [-0.39, 0.29) is 17.2 Å². The molecule has 1 saturated carbocycles. The molecule has 1 heterocycles. The Balaban J connectivity index is 2.29. The average Bonchev–Trinajstić information content (AvgIpc) is 2.39. The SMILES string of the molecule is COC(=O)c1cccn(C2CCC(C)CC2)c1=O. The molecule has 0 bridgehead atoms. The van der Waals surface area contributed by atoms with Crippen LogP contribution in [0.2, 0.25) is 0 Å². The van der Waals surface area contributed by atoms with Crippen LogP contribution < -0.4 is 5.56 Å². The van der Waals surface area contributed by atoms with Gasteiger partial charge in [-0.25, -0.2) is 4.79 Å². The molecule has 4 nitrogen and oxygen atoms in total. The van der Waals surface area contributed by atoms with Crippen LogP contribution in [0.25, 0.3) is 0 Å². The highest BCUT2D eigenvalue weighted by molar-refractivity contribution is 5.88. The molecule has 0 unspecified atom stereocenters. The van der Waals surface area contributed by atoms with Crippen molar-refractivity contribution in [1.29, 1.82) is 0 Å². The van der Waals surface area contributed by atoms with E-state index >= 15 is 0 Å². The van der Waals surface area contributed by atoms with Crippen molar-refractivity contribution in [2.75, 3.05) is 7.11 Å². The van der Waals surface area contributed by atoms with Crippen molar-refractivity contribution >= 4 is 5.97 Å². The summed E-state index contributed by atoms with van der Waals surface area (Å²) in [6.07, 6.45) is 6.06. The average molecular weight is 249 g/mol. The van der Waals surface area contributed by atoms with E-state index in [1.54, 1.807) is 16.8 Å². The molecule has 0 spiro atoms. The molecule has 0 atom stereocenters. The molecule has 0 radical (unpaired) electrons. The molecule has 98 valence electrons.